The number of anilines is 1. The van der Waals surface area contributed by atoms with E-state index >= 15 is 0 Å². The lowest BCUT2D eigenvalue weighted by atomic mass is 9.85. The van der Waals surface area contributed by atoms with Crippen molar-refractivity contribution in [3.05, 3.63) is 23.8 Å². The third-order valence-corrected chi connectivity index (χ3v) is 3.10. The fraction of sp³-hybridized carbons (Fsp3) is 0.500. The summed E-state index contributed by atoms with van der Waals surface area (Å²) in [4.78, 5) is 13.1. The molecule has 1 aromatic rings. The third kappa shape index (κ3) is 2.78. The number of hydrogen-bond acceptors (Lipinski definition) is 3. The standard InChI is InChI=1S/C14H21NO2/c1-5-15(6-2)11-7-8-12(13(17)9-11)14(3,4)10-16/h7-10,17H,5-6H2,1-4H3. The highest BCUT2D eigenvalue weighted by Gasteiger charge is 2.23. The van der Waals surface area contributed by atoms with Gasteiger partial charge < -0.3 is 14.8 Å². The summed E-state index contributed by atoms with van der Waals surface area (Å²) in [6.45, 7) is 9.53. The van der Waals surface area contributed by atoms with Gasteiger partial charge in [-0.25, -0.2) is 0 Å². The molecule has 0 amide bonds. The number of rotatable bonds is 5. The van der Waals surface area contributed by atoms with Gasteiger partial charge >= 0.3 is 0 Å². The molecule has 1 aromatic carbocycles. The maximum absolute atomic E-state index is 11.0. The number of carbonyl (C=O) groups excluding carboxylic acids is 1. The van der Waals surface area contributed by atoms with Crippen LogP contribution < -0.4 is 4.90 Å². The molecule has 1 N–H and O–H groups in total. The van der Waals surface area contributed by atoms with Gasteiger partial charge in [0.05, 0.1) is 0 Å². The second kappa shape index (κ2) is 5.21. The zero-order valence-electron chi connectivity index (χ0n) is 11.0. The van der Waals surface area contributed by atoms with Crippen LogP contribution in [0.5, 0.6) is 5.75 Å². The molecule has 0 unspecified atom stereocenters. The van der Waals surface area contributed by atoms with Crippen molar-refractivity contribution >= 4 is 12.0 Å². The van der Waals surface area contributed by atoms with Crippen molar-refractivity contribution in [2.24, 2.45) is 0 Å². The molecule has 0 saturated heterocycles. The van der Waals surface area contributed by atoms with Crippen LogP contribution in [0.2, 0.25) is 0 Å². The van der Waals surface area contributed by atoms with Crippen molar-refractivity contribution in [3.63, 3.8) is 0 Å². The molecular formula is C14H21NO2. The van der Waals surface area contributed by atoms with Crippen LogP contribution in [-0.2, 0) is 10.2 Å². The summed E-state index contributed by atoms with van der Waals surface area (Å²) < 4.78 is 0. The van der Waals surface area contributed by atoms with Crippen LogP contribution in [0.25, 0.3) is 0 Å². The molecule has 0 spiro atoms. The maximum atomic E-state index is 11.0. The molecule has 94 valence electrons. The van der Waals surface area contributed by atoms with E-state index in [4.69, 9.17) is 0 Å². The fourth-order valence-corrected chi connectivity index (χ4v) is 1.91. The van der Waals surface area contributed by atoms with Crippen LogP contribution in [0.3, 0.4) is 0 Å². The van der Waals surface area contributed by atoms with Gasteiger partial charge in [-0.1, -0.05) is 6.07 Å². The lowest BCUT2D eigenvalue weighted by Gasteiger charge is -2.24. The minimum atomic E-state index is -0.647. The van der Waals surface area contributed by atoms with Crippen LogP contribution >= 0.6 is 0 Å². The van der Waals surface area contributed by atoms with Crippen LogP contribution in [0.4, 0.5) is 5.69 Å². The van der Waals surface area contributed by atoms with Crippen molar-refractivity contribution in [2.45, 2.75) is 33.1 Å². The zero-order chi connectivity index (χ0) is 13.1. The van der Waals surface area contributed by atoms with Gasteiger partial charge in [0.25, 0.3) is 0 Å². The Morgan fingerprint density at radius 2 is 1.88 bits per heavy atom. The largest absolute Gasteiger partial charge is 0.508 e. The highest BCUT2D eigenvalue weighted by molar-refractivity contribution is 5.70. The average molecular weight is 235 g/mol. The minimum Gasteiger partial charge on any atom is -0.508 e. The number of aromatic hydroxyl groups is 1. The third-order valence-electron chi connectivity index (χ3n) is 3.10. The SMILES string of the molecule is CCN(CC)c1ccc(C(C)(C)C=O)c(O)c1. The Hall–Kier alpha value is -1.51. The number of phenols is 1. The van der Waals surface area contributed by atoms with Crippen molar-refractivity contribution in [2.75, 3.05) is 18.0 Å². The predicted molar refractivity (Wildman–Crippen MR) is 70.8 cm³/mol. The predicted octanol–water partition coefficient (Wildman–Crippen LogP) is 2.71. The summed E-state index contributed by atoms with van der Waals surface area (Å²) >= 11 is 0. The summed E-state index contributed by atoms with van der Waals surface area (Å²) in [6, 6.07) is 5.51. The summed E-state index contributed by atoms with van der Waals surface area (Å²) in [5, 5.41) is 10.0. The summed E-state index contributed by atoms with van der Waals surface area (Å²) in [5.41, 5.74) is 1.01. The first kappa shape index (κ1) is 13.6. The normalized spacial score (nSPS) is 11.3. The number of aldehydes is 1. The van der Waals surface area contributed by atoms with E-state index in [0.717, 1.165) is 25.1 Å². The van der Waals surface area contributed by atoms with Gasteiger partial charge in [0.15, 0.2) is 0 Å². The van der Waals surface area contributed by atoms with Crippen molar-refractivity contribution < 1.29 is 9.90 Å². The molecule has 0 aliphatic rings. The molecule has 0 saturated carbocycles. The Kier molecular flexibility index (Phi) is 4.16. The molecular weight excluding hydrogens is 214 g/mol. The zero-order valence-corrected chi connectivity index (χ0v) is 11.0. The number of carbonyl (C=O) groups is 1. The first-order valence-corrected chi connectivity index (χ1v) is 6.01. The number of benzene rings is 1. The molecule has 0 aromatic heterocycles. The van der Waals surface area contributed by atoms with Crippen molar-refractivity contribution in [3.8, 4) is 5.75 Å². The second-order valence-corrected chi connectivity index (χ2v) is 4.71. The van der Waals surface area contributed by atoms with Crippen LogP contribution in [0, 0.1) is 0 Å². The van der Waals surface area contributed by atoms with Gasteiger partial charge in [-0.05, 0) is 33.8 Å². The number of hydrogen-bond donors (Lipinski definition) is 1. The van der Waals surface area contributed by atoms with Gasteiger partial charge in [0.2, 0.25) is 0 Å². The quantitative estimate of drug-likeness (QED) is 0.798. The lowest BCUT2D eigenvalue weighted by Crippen LogP contribution is -2.23. The number of phenolic OH excluding ortho intramolecular Hbond substituents is 1. The Bertz CT molecular complexity index is 395. The van der Waals surface area contributed by atoms with E-state index in [1.54, 1.807) is 19.9 Å². The molecule has 0 radical (unpaired) electrons. The van der Waals surface area contributed by atoms with Crippen molar-refractivity contribution in [1.29, 1.82) is 0 Å². The molecule has 0 atom stereocenters. The second-order valence-electron chi connectivity index (χ2n) is 4.71. The van der Waals surface area contributed by atoms with E-state index in [1.165, 1.54) is 0 Å². The smallest absolute Gasteiger partial charge is 0.130 e. The highest BCUT2D eigenvalue weighted by Crippen LogP contribution is 2.32. The first-order valence-electron chi connectivity index (χ1n) is 6.01. The molecule has 0 fully saturated rings. The molecule has 0 aliphatic heterocycles. The molecule has 3 heteroatoms. The molecule has 1 rings (SSSR count). The molecule has 3 nitrogen and oxygen atoms in total. The minimum absolute atomic E-state index is 0.187. The highest BCUT2D eigenvalue weighted by atomic mass is 16.3. The van der Waals surface area contributed by atoms with Gasteiger partial charge in [0.1, 0.15) is 12.0 Å². The Balaban J connectivity index is 3.14. The summed E-state index contributed by atoms with van der Waals surface area (Å²) in [6.07, 6.45) is 0.860. The van der Waals surface area contributed by atoms with Gasteiger partial charge in [-0.3, -0.25) is 0 Å². The van der Waals surface area contributed by atoms with E-state index in [9.17, 15) is 9.90 Å². The molecule has 0 aliphatic carbocycles. The van der Waals surface area contributed by atoms with E-state index in [2.05, 4.69) is 18.7 Å². The first-order chi connectivity index (χ1) is 7.96. The molecule has 0 heterocycles. The van der Waals surface area contributed by atoms with Gasteiger partial charge in [0, 0.05) is 35.8 Å². The topological polar surface area (TPSA) is 40.5 Å². The van der Waals surface area contributed by atoms with Crippen LogP contribution in [-0.4, -0.2) is 24.5 Å². The van der Waals surface area contributed by atoms with E-state index in [1.807, 2.05) is 12.1 Å². The van der Waals surface area contributed by atoms with Gasteiger partial charge in [-0.15, -0.1) is 0 Å². The lowest BCUT2D eigenvalue weighted by molar-refractivity contribution is -0.111. The fourth-order valence-electron chi connectivity index (χ4n) is 1.91. The average Bonchev–Trinajstić information content (AvgIpc) is 2.30. The summed E-state index contributed by atoms with van der Waals surface area (Å²) in [7, 11) is 0. The molecule has 17 heavy (non-hydrogen) atoms. The van der Waals surface area contributed by atoms with E-state index < -0.39 is 5.41 Å². The summed E-state index contributed by atoms with van der Waals surface area (Å²) in [5.74, 6) is 0.187. The van der Waals surface area contributed by atoms with Crippen LogP contribution in [0.15, 0.2) is 18.2 Å². The van der Waals surface area contributed by atoms with Crippen LogP contribution in [0.1, 0.15) is 33.3 Å². The number of nitrogens with zero attached hydrogens (tertiary/aromatic N) is 1. The van der Waals surface area contributed by atoms with Crippen molar-refractivity contribution in [1.82, 2.24) is 0 Å². The Morgan fingerprint density at radius 3 is 2.29 bits per heavy atom. The maximum Gasteiger partial charge on any atom is 0.130 e. The Morgan fingerprint density at radius 1 is 1.29 bits per heavy atom. The molecule has 0 bridgehead atoms. The van der Waals surface area contributed by atoms with Gasteiger partial charge in [-0.2, -0.15) is 0 Å². The Labute approximate surface area is 103 Å². The van der Waals surface area contributed by atoms with E-state index in [0.29, 0.717) is 5.56 Å². The monoisotopic (exact) mass is 235 g/mol. The van der Waals surface area contributed by atoms with E-state index in [-0.39, 0.29) is 5.75 Å².